The van der Waals surface area contributed by atoms with Crippen LogP contribution in [0.5, 0.6) is 0 Å². The minimum absolute atomic E-state index is 0.459. The monoisotopic (exact) mass is 263 g/mol. The number of pyridine rings is 1. The third kappa shape index (κ3) is 2.86. The number of hydrogen-bond donors (Lipinski definition) is 1. The third-order valence-corrected chi connectivity index (χ3v) is 4.09. The molecule has 0 saturated carbocycles. The van der Waals surface area contributed by atoms with Crippen molar-refractivity contribution in [3.8, 4) is 0 Å². The van der Waals surface area contributed by atoms with Crippen molar-refractivity contribution in [2.24, 2.45) is 0 Å². The van der Waals surface area contributed by atoms with Crippen molar-refractivity contribution in [3.05, 3.63) is 40.7 Å². The minimum atomic E-state index is -0.459. The van der Waals surface area contributed by atoms with Gasteiger partial charge in [-0.3, -0.25) is 4.98 Å². The van der Waals surface area contributed by atoms with Crippen LogP contribution in [0.3, 0.4) is 0 Å². The zero-order valence-corrected chi connectivity index (χ0v) is 11.6. The maximum Gasteiger partial charge on any atom is 0.185 e. The molecular formula is C13H17N3OS. The lowest BCUT2D eigenvalue weighted by molar-refractivity contribution is 0.202. The van der Waals surface area contributed by atoms with Gasteiger partial charge < -0.3 is 10.0 Å². The van der Waals surface area contributed by atoms with Gasteiger partial charge in [0.05, 0.1) is 28.9 Å². The molecule has 0 aromatic carbocycles. The second-order valence-electron chi connectivity index (χ2n) is 4.30. The molecule has 0 saturated heterocycles. The topological polar surface area (TPSA) is 49.2 Å². The van der Waals surface area contributed by atoms with Gasteiger partial charge in [0.1, 0.15) is 0 Å². The average molecular weight is 263 g/mol. The predicted molar refractivity (Wildman–Crippen MR) is 73.8 cm³/mol. The molecule has 2 heterocycles. The van der Waals surface area contributed by atoms with E-state index >= 15 is 0 Å². The van der Waals surface area contributed by atoms with Gasteiger partial charge in [0.25, 0.3) is 0 Å². The van der Waals surface area contributed by atoms with E-state index in [4.69, 9.17) is 0 Å². The summed E-state index contributed by atoms with van der Waals surface area (Å²) in [5.41, 5.74) is 1.91. The van der Waals surface area contributed by atoms with Crippen LogP contribution >= 0.6 is 11.3 Å². The van der Waals surface area contributed by atoms with Crippen molar-refractivity contribution in [2.45, 2.75) is 26.5 Å². The molecule has 18 heavy (non-hydrogen) atoms. The van der Waals surface area contributed by atoms with Crippen molar-refractivity contribution >= 4 is 16.5 Å². The van der Waals surface area contributed by atoms with Crippen LogP contribution in [0.1, 0.15) is 29.3 Å². The molecule has 0 spiro atoms. The molecule has 96 valence electrons. The first-order valence-corrected chi connectivity index (χ1v) is 6.66. The smallest absolute Gasteiger partial charge is 0.185 e. The fourth-order valence-corrected chi connectivity index (χ4v) is 2.71. The Morgan fingerprint density at radius 3 is 2.78 bits per heavy atom. The van der Waals surface area contributed by atoms with Gasteiger partial charge in [-0.25, -0.2) is 4.98 Å². The molecule has 0 aliphatic rings. The fraction of sp³-hybridized carbons (Fsp3) is 0.385. The Morgan fingerprint density at radius 2 is 2.22 bits per heavy atom. The highest BCUT2D eigenvalue weighted by Crippen LogP contribution is 2.30. The van der Waals surface area contributed by atoms with Crippen LogP contribution in [-0.2, 0) is 6.54 Å². The maximum absolute atomic E-state index is 9.63. The fourth-order valence-electron chi connectivity index (χ4n) is 1.75. The highest BCUT2D eigenvalue weighted by molar-refractivity contribution is 7.15. The molecule has 2 aromatic heterocycles. The molecule has 4 nitrogen and oxygen atoms in total. The summed E-state index contributed by atoms with van der Waals surface area (Å²) in [6.45, 7) is 4.41. The van der Waals surface area contributed by atoms with Gasteiger partial charge in [-0.05, 0) is 26.0 Å². The Kier molecular flexibility index (Phi) is 3.93. The van der Waals surface area contributed by atoms with Crippen LogP contribution in [-0.4, -0.2) is 22.1 Å². The van der Waals surface area contributed by atoms with Gasteiger partial charge in [-0.2, -0.15) is 0 Å². The number of nitrogens with zero attached hydrogens (tertiary/aromatic N) is 3. The third-order valence-electron chi connectivity index (χ3n) is 2.65. The highest BCUT2D eigenvalue weighted by Gasteiger charge is 2.14. The molecule has 1 N–H and O–H groups in total. The zero-order chi connectivity index (χ0) is 13.1. The number of rotatable bonds is 4. The summed E-state index contributed by atoms with van der Waals surface area (Å²) in [6, 6.07) is 5.87. The van der Waals surface area contributed by atoms with E-state index in [0.717, 1.165) is 21.4 Å². The first-order valence-electron chi connectivity index (χ1n) is 5.84. The molecule has 0 aliphatic carbocycles. The van der Waals surface area contributed by atoms with Crippen molar-refractivity contribution in [3.63, 3.8) is 0 Å². The van der Waals surface area contributed by atoms with Crippen molar-refractivity contribution in [2.75, 3.05) is 11.9 Å². The van der Waals surface area contributed by atoms with Gasteiger partial charge in [0.15, 0.2) is 5.13 Å². The Morgan fingerprint density at radius 1 is 1.44 bits per heavy atom. The summed E-state index contributed by atoms with van der Waals surface area (Å²) in [7, 11) is 1.98. The second kappa shape index (κ2) is 5.46. The SMILES string of the molecule is Cc1nc(N(C)Cc2ccccn2)sc1C(C)O. The highest BCUT2D eigenvalue weighted by atomic mass is 32.1. The molecular weight excluding hydrogens is 246 g/mol. The van der Waals surface area contributed by atoms with Crippen LogP contribution < -0.4 is 4.90 Å². The largest absolute Gasteiger partial charge is 0.388 e. The molecule has 1 unspecified atom stereocenters. The van der Waals surface area contributed by atoms with Crippen molar-refractivity contribution in [1.29, 1.82) is 0 Å². The summed E-state index contributed by atoms with van der Waals surface area (Å²) in [5.74, 6) is 0. The van der Waals surface area contributed by atoms with Crippen molar-refractivity contribution in [1.82, 2.24) is 9.97 Å². The number of hydrogen-bond acceptors (Lipinski definition) is 5. The summed E-state index contributed by atoms with van der Waals surface area (Å²) in [6.07, 6.45) is 1.33. The normalized spacial score (nSPS) is 12.4. The van der Waals surface area contributed by atoms with Crippen LogP contribution in [0.15, 0.2) is 24.4 Å². The lowest BCUT2D eigenvalue weighted by Gasteiger charge is -2.14. The van der Waals surface area contributed by atoms with Crippen LogP contribution in [0.2, 0.25) is 0 Å². The van der Waals surface area contributed by atoms with Crippen LogP contribution in [0, 0.1) is 6.92 Å². The lowest BCUT2D eigenvalue weighted by atomic mass is 10.3. The van der Waals surface area contributed by atoms with Crippen LogP contribution in [0.25, 0.3) is 0 Å². The maximum atomic E-state index is 9.63. The number of aliphatic hydroxyl groups excluding tert-OH is 1. The molecule has 5 heteroatoms. The summed E-state index contributed by atoms with van der Waals surface area (Å²) in [5, 5.41) is 10.5. The molecule has 2 rings (SSSR count). The Hall–Kier alpha value is -1.46. The number of anilines is 1. The van der Waals surface area contributed by atoms with E-state index < -0.39 is 6.10 Å². The lowest BCUT2D eigenvalue weighted by Crippen LogP contribution is -2.16. The van der Waals surface area contributed by atoms with Gasteiger partial charge in [0.2, 0.25) is 0 Å². The van der Waals surface area contributed by atoms with Crippen LogP contribution in [0.4, 0.5) is 5.13 Å². The summed E-state index contributed by atoms with van der Waals surface area (Å²) >= 11 is 1.53. The van der Waals surface area contributed by atoms with E-state index in [-0.39, 0.29) is 0 Å². The quantitative estimate of drug-likeness (QED) is 0.921. The molecule has 0 fully saturated rings. The Labute approximate surface area is 111 Å². The molecule has 2 aromatic rings. The number of aromatic nitrogens is 2. The average Bonchev–Trinajstić information content (AvgIpc) is 2.73. The Bertz CT molecular complexity index is 510. The molecule has 0 amide bonds. The number of thiazole rings is 1. The standard InChI is InChI=1S/C13H17N3OS/c1-9-12(10(2)17)18-13(15-9)16(3)8-11-6-4-5-7-14-11/h4-7,10,17H,8H2,1-3H3. The zero-order valence-electron chi connectivity index (χ0n) is 10.8. The molecule has 0 bridgehead atoms. The summed E-state index contributed by atoms with van der Waals surface area (Å²) < 4.78 is 0. The first kappa shape index (κ1) is 13.0. The summed E-state index contributed by atoms with van der Waals surface area (Å²) in [4.78, 5) is 11.8. The molecule has 0 radical (unpaired) electrons. The van der Waals surface area contributed by atoms with Gasteiger partial charge in [0, 0.05) is 13.2 Å². The first-order chi connectivity index (χ1) is 8.58. The predicted octanol–water partition coefficient (Wildman–Crippen LogP) is 2.54. The van der Waals surface area contributed by atoms with Gasteiger partial charge >= 0.3 is 0 Å². The van der Waals surface area contributed by atoms with Crippen molar-refractivity contribution < 1.29 is 5.11 Å². The second-order valence-corrected chi connectivity index (χ2v) is 5.31. The van der Waals surface area contributed by atoms with Gasteiger partial charge in [-0.15, -0.1) is 0 Å². The van der Waals surface area contributed by atoms with E-state index in [2.05, 4.69) is 9.97 Å². The van der Waals surface area contributed by atoms with E-state index in [1.165, 1.54) is 11.3 Å². The Balaban J connectivity index is 2.14. The van der Waals surface area contributed by atoms with E-state index in [1.807, 2.05) is 37.1 Å². The van der Waals surface area contributed by atoms with Gasteiger partial charge in [-0.1, -0.05) is 17.4 Å². The van der Waals surface area contributed by atoms with E-state index in [1.54, 1.807) is 13.1 Å². The van der Waals surface area contributed by atoms with E-state index in [9.17, 15) is 5.11 Å². The minimum Gasteiger partial charge on any atom is -0.388 e. The number of aryl methyl sites for hydroxylation is 1. The molecule has 1 atom stereocenters. The van der Waals surface area contributed by atoms with E-state index in [0.29, 0.717) is 6.54 Å². The number of aliphatic hydroxyl groups is 1. The molecule has 0 aliphatic heterocycles.